The molecule has 0 aliphatic carbocycles. The summed E-state index contributed by atoms with van der Waals surface area (Å²) >= 11 is 0. The van der Waals surface area contributed by atoms with Gasteiger partial charge in [-0.25, -0.2) is 8.42 Å². The standard InChI is InChI=1S/C20H21F3N2O3S/c21-20(22,23)17-6-2-3-7-18(17)24-14-19(26)15-8-10-16(11-9-15)29(27,28)25-12-4-1-5-13-25/h2-3,6-11,24H,1,4-5,12-14H2. The van der Waals surface area contributed by atoms with Crippen molar-refractivity contribution in [1.82, 2.24) is 4.31 Å². The molecular formula is C20H21F3N2O3S. The number of sulfonamides is 1. The number of para-hydroxylation sites is 1. The minimum Gasteiger partial charge on any atom is -0.377 e. The first-order chi connectivity index (χ1) is 13.7. The van der Waals surface area contributed by atoms with Crippen LogP contribution in [0.3, 0.4) is 0 Å². The molecule has 0 unspecified atom stereocenters. The predicted molar refractivity (Wildman–Crippen MR) is 103 cm³/mol. The van der Waals surface area contributed by atoms with Crippen molar-refractivity contribution in [2.75, 3.05) is 25.0 Å². The van der Waals surface area contributed by atoms with Gasteiger partial charge < -0.3 is 5.32 Å². The summed E-state index contributed by atoms with van der Waals surface area (Å²) in [7, 11) is -3.60. The van der Waals surface area contributed by atoms with E-state index < -0.39 is 27.5 Å². The van der Waals surface area contributed by atoms with E-state index in [0.717, 1.165) is 25.3 Å². The highest BCUT2D eigenvalue weighted by Crippen LogP contribution is 2.34. The van der Waals surface area contributed by atoms with Crippen LogP contribution in [0.4, 0.5) is 18.9 Å². The lowest BCUT2D eigenvalue weighted by Gasteiger charge is -2.25. The fraction of sp³-hybridized carbons (Fsp3) is 0.350. The molecule has 29 heavy (non-hydrogen) atoms. The van der Waals surface area contributed by atoms with Gasteiger partial charge >= 0.3 is 6.18 Å². The van der Waals surface area contributed by atoms with Crippen molar-refractivity contribution in [3.8, 4) is 0 Å². The summed E-state index contributed by atoms with van der Waals surface area (Å²) in [6.45, 7) is 0.614. The number of piperidine rings is 1. The quantitative estimate of drug-likeness (QED) is 0.704. The molecule has 2 aromatic carbocycles. The molecule has 2 aromatic rings. The van der Waals surface area contributed by atoms with E-state index in [-0.39, 0.29) is 22.7 Å². The molecule has 0 bridgehead atoms. The zero-order valence-electron chi connectivity index (χ0n) is 15.6. The van der Waals surface area contributed by atoms with Gasteiger partial charge in [-0.2, -0.15) is 17.5 Å². The highest BCUT2D eigenvalue weighted by Gasteiger charge is 2.33. The lowest BCUT2D eigenvalue weighted by atomic mass is 10.1. The van der Waals surface area contributed by atoms with Crippen LogP contribution >= 0.6 is 0 Å². The van der Waals surface area contributed by atoms with E-state index >= 15 is 0 Å². The number of hydrogen-bond acceptors (Lipinski definition) is 4. The Hall–Kier alpha value is -2.39. The Balaban J connectivity index is 1.69. The Labute approximate surface area is 167 Å². The van der Waals surface area contributed by atoms with E-state index in [1.807, 2.05) is 0 Å². The monoisotopic (exact) mass is 426 g/mol. The third kappa shape index (κ3) is 4.97. The van der Waals surface area contributed by atoms with Crippen LogP contribution in [0.5, 0.6) is 0 Å². The van der Waals surface area contributed by atoms with Crippen molar-refractivity contribution >= 4 is 21.5 Å². The molecular weight excluding hydrogens is 405 g/mol. The second-order valence-electron chi connectivity index (χ2n) is 6.81. The van der Waals surface area contributed by atoms with Gasteiger partial charge in [0.2, 0.25) is 10.0 Å². The third-order valence-electron chi connectivity index (χ3n) is 4.80. The van der Waals surface area contributed by atoms with Crippen LogP contribution in [-0.4, -0.2) is 38.1 Å². The zero-order chi connectivity index (χ0) is 21.1. The molecule has 0 spiro atoms. The Morgan fingerprint density at radius 2 is 1.59 bits per heavy atom. The van der Waals surface area contributed by atoms with Crippen molar-refractivity contribution in [3.05, 3.63) is 59.7 Å². The minimum absolute atomic E-state index is 0.103. The van der Waals surface area contributed by atoms with Gasteiger partial charge in [0.05, 0.1) is 17.0 Å². The van der Waals surface area contributed by atoms with Gasteiger partial charge in [-0.05, 0) is 49.2 Å². The number of halogens is 3. The molecule has 0 saturated carbocycles. The number of carbonyl (C=O) groups is 1. The molecule has 0 aromatic heterocycles. The zero-order valence-corrected chi connectivity index (χ0v) is 16.4. The molecule has 1 saturated heterocycles. The Morgan fingerprint density at radius 3 is 2.21 bits per heavy atom. The maximum Gasteiger partial charge on any atom is 0.418 e. The summed E-state index contributed by atoms with van der Waals surface area (Å²) in [5.41, 5.74) is -0.812. The third-order valence-corrected chi connectivity index (χ3v) is 6.71. The summed E-state index contributed by atoms with van der Waals surface area (Å²) in [6, 6.07) is 10.4. The SMILES string of the molecule is O=C(CNc1ccccc1C(F)(F)F)c1ccc(S(=O)(=O)N2CCCCC2)cc1. The van der Waals surface area contributed by atoms with Crippen molar-refractivity contribution in [2.45, 2.75) is 30.3 Å². The number of benzene rings is 2. The van der Waals surface area contributed by atoms with Gasteiger partial charge in [0.25, 0.3) is 0 Å². The van der Waals surface area contributed by atoms with Crippen molar-refractivity contribution in [2.24, 2.45) is 0 Å². The van der Waals surface area contributed by atoms with E-state index in [1.54, 1.807) is 0 Å². The Morgan fingerprint density at radius 1 is 0.966 bits per heavy atom. The van der Waals surface area contributed by atoms with Gasteiger partial charge in [-0.15, -0.1) is 0 Å². The molecule has 156 valence electrons. The van der Waals surface area contributed by atoms with Gasteiger partial charge in [-0.1, -0.05) is 18.6 Å². The average molecular weight is 426 g/mol. The highest BCUT2D eigenvalue weighted by atomic mass is 32.2. The predicted octanol–water partition coefficient (Wildman–Crippen LogP) is 4.17. The van der Waals surface area contributed by atoms with Crippen LogP contribution < -0.4 is 5.32 Å². The molecule has 1 aliphatic rings. The highest BCUT2D eigenvalue weighted by molar-refractivity contribution is 7.89. The summed E-state index contributed by atoms with van der Waals surface area (Å²) < 4.78 is 65.8. The molecule has 0 amide bonds. The molecule has 1 aliphatic heterocycles. The minimum atomic E-state index is -4.53. The second-order valence-corrected chi connectivity index (χ2v) is 8.75. The average Bonchev–Trinajstić information content (AvgIpc) is 2.72. The van der Waals surface area contributed by atoms with Crippen LogP contribution in [-0.2, 0) is 16.2 Å². The number of Topliss-reactive ketones (excluding diaryl/α,β-unsaturated/α-hetero) is 1. The van der Waals surface area contributed by atoms with E-state index in [4.69, 9.17) is 0 Å². The van der Waals surface area contributed by atoms with Crippen LogP contribution in [0.1, 0.15) is 35.2 Å². The number of anilines is 1. The number of alkyl halides is 3. The van der Waals surface area contributed by atoms with Crippen LogP contribution in [0.15, 0.2) is 53.4 Å². The first kappa shape index (κ1) is 21.3. The lowest BCUT2D eigenvalue weighted by Crippen LogP contribution is -2.35. The summed E-state index contributed by atoms with van der Waals surface area (Å²) in [4.78, 5) is 12.4. The van der Waals surface area contributed by atoms with Crippen LogP contribution in [0.2, 0.25) is 0 Å². The number of carbonyl (C=O) groups excluding carboxylic acids is 1. The van der Waals surface area contributed by atoms with E-state index in [2.05, 4.69) is 5.32 Å². The van der Waals surface area contributed by atoms with Gasteiger partial charge in [0, 0.05) is 24.3 Å². The first-order valence-electron chi connectivity index (χ1n) is 9.23. The molecule has 1 heterocycles. The molecule has 0 atom stereocenters. The maximum absolute atomic E-state index is 13.0. The Kier molecular flexibility index (Phi) is 6.28. The molecule has 5 nitrogen and oxygen atoms in total. The number of nitrogens with zero attached hydrogens (tertiary/aromatic N) is 1. The van der Waals surface area contributed by atoms with Gasteiger partial charge in [0.1, 0.15) is 0 Å². The fourth-order valence-electron chi connectivity index (χ4n) is 3.23. The molecule has 1 N–H and O–H groups in total. The van der Waals surface area contributed by atoms with Crippen molar-refractivity contribution < 1.29 is 26.4 Å². The van der Waals surface area contributed by atoms with E-state index in [0.29, 0.717) is 13.1 Å². The van der Waals surface area contributed by atoms with Crippen LogP contribution in [0, 0.1) is 0 Å². The summed E-state index contributed by atoms with van der Waals surface area (Å²) in [5.74, 6) is -0.441. The fourth-order valence-corrected chi connectivity index (χ4v) is 4.75. The summed E-state index contributed by atoms with van der Waals surface area (Å²) in [5, 5.41) is 2.52. The molecule has 0 radical (unpaired) electrons. The number of nitrogens with one attached hydrogen (secondary N) is 1. The maximum atomic E-state index is 13.0. The topological polar surface area (TPSA) is 66.5 Å². The van der Waals surface area contributed by atoms with Crippen molar-refractivity contribution in [1.29, 1.82) is 0 Å². The smallest absolute Gasteiger partial charge is 0.377 e. The summed E-state index contributed by atoms with van der Waals surface area (Å²) in [6.07, 6.45) is -1.89. The number of ketones is 1. The van der Waals surface area contributed by atoms with Crippen molar-refractivity contribution in [3.63, 3.8) is 0 Å². The number of rotatable bonds is 6. The van der Waals surface area contributed by atoms with Crippen LogP contribution in [0.25, 0.3) is 0 Å². The lowest BCUT2D eigenvalue weighted by molar-refractivity contribution is -0.136. The van der Waals surface area contributed by atoms with E-state index in [1.165, 1.54) is 46.8 Å². The molecule has 3 rings (SSSR count). The molecule has 1 fully saturated rings. The largest absolute Gasteiger partial charge is 0.418 e. The normalized spacial score (nSPS) is 15.8. The van der Waals surface area contributed by atoms with Gasteiger partial charge in [-0.3, -0.25) is 4.79 Å². The van der Waals surface area contributed by atoms with Gasteiger partial charge in [0.15, 0.2) is 5.78 Å². The molecule has 9 heteroatoms. The van der Waals surface area contributed by atoms with E-state index in [9.17, 15) is 26.4 Å². The Bertz CT molecular complexity index is 967. The number of hydrogen-bond donors (Lipinski definition) is 1. The first-order valence-corrected chi connectivity index (χ1v) is 10.7. The second kappa shape index (κ2) is 8.54.